The molecule has 1 aliphatic rings. The Balaban J connectivity index is 1.70. The van der Waals surface area contributed by atoms with Crippen LogP contribution >= 0.6 is 0 Å². The SMILES string of the molecule is [C-]#[N+]/C(C#N)=C1C=C(/C=C/c2ccc(N(C)C)cc2)OC(/C=C/c2c(C#N)c3ccc(N(CC)CC)cc3oc2=O)=C\1. The van der Waals surface area contributed by atoms with Crippen LogP contribution in [0.15, 0.2) is 98.8 Å². The summed E-state index contributed by atoms with van der Waals surface area (Å²) >= 11 is 0. The second-order valence-corrected chi connectivity index (χ2v) is 9.52. The van der Waals surface area contributed by atoms with E-state index >= 15 is 0 Å². The summed E-state index contributed by atoms with van der Waals surface area (Å²) < 4.78 is 11.6. The molecule has 8 nitrogen and oxygen atoms in total. The average molecular weight is 556 g/mol. The van der Waals surface area contributed by atoms with Gasteiger partial charge in [-0.25, -0.2) is 14.9 Å². The van der Waals surface area contributed by atoms with E-state index in [1.54, 1.807) is 30.4 Å². The number of ether oxygens (including phenoxy) is 1. The van der Waals surface area contributed by atoms with Gasteiger partial charge in [-0.3, -0.25) is 0 Å². The highest BCUT2D eigenvalue weighted by molar-refractivity contribution is 5.88. The molecule has 208 valence electrons. The molecule has 2 heterocycles. The normalized spacial score (nSPS) is 14.0. The van der Waals surface area contributed by atoms with Crippen LogP contribution in [0.5, 0.6) is 0 Å². The number of benzene rings is 2. The molecular formula is C34H29N5O3. The molecule has 1 aromatic heterocycles. The molecule has 4 rings (SSSR count). The Morgan fingerprint density at radius 1 is 0.952 bits per heavy atom. The van der Waals surface area contributed by atoms with Gasteiger partial charge in [0.2, 0.25) is 0 Å². The monoisotopic (exact) mass is 555 g/mol. The molecule has 0 aliphatic carbocycles. The molecular weight excluding hydrogens is 526 g/mol. The molecule has 0 N–H and O–H groups in total. The van der Waals surface area contributed by atoms with Gasteiger partial charge < -0.3 is 19.0 Å². The van der Waals surface area contributed by atoms with E-state index in [-0.39, 0.29) is 22.6 Å². The Kier molecular flexibility index (Phi) is 9.07. The minimum atomic E-state index is -0.658. The Labute approximate surface area is 245 Å². The van der Waals surface area contributed by atoms with E-state index in [0.29, 0.717) is 22.3 Å². The van der Waals surface area contributed by atoms with Gasteiger partial charge in [0.25, 0.3) is 5.70 Å². The summed E-state index contributed by atoms with van der Waals surface area (Å²) in [6.07, 6.45) is 9.73. The number of fused-ring (bicyclic) bond motifs is 1. The fourth-order valence-corrected chi connectivity index (χ4v) is 4.49. The molecule has 0 saturated heterocycles. The van der Waals surface area contributed by atoms with Crippen LogP contribution in [-0.4, -0.2) is 27.2 Å². The predicted molar refractivity (Wildman–Crippen MR) is 166 cm³/mol. The molecule has 8 heteroatoms. The first kappa shape index (κ1) is 29.2. The van der Waals surface area contributed by atoms with Gasteiger partial charge in [-0.2, -0.15) is 5.26 Å². The highest BCUT2D eigenvalue weighted by Crippen LogP contribution is 2.28. The van der Waals surface area contributed by atoms with Crippen molar-refractivity contribution in [3.8, 4) is 12.1 Å². The minimum Gasteiger partial charge on any atom is -0.457 e. The third-order valence-electron chi connectivity index (χ3n) is 6.75. The molecule has 0 radical (unpaired) electrons. The van der Waals surface area contributed by atoms with Crippen molar-refractivity contribution in [2.45, 2.75) is 13.8 Å². The maximum Gasteiger partial charge on any atom is 0.344 e. The summed E-state index contributed by atoms with van der Waals surface area (Å²) in [6.45, 7) is 13.1. The number of nitrogens with zero attached hydrogens (tertiary/aromatic N) is 5. The smallest absolute Gasteiger partial charge is 0.344 e. The standard InChI is InChI=1S/C34H29N5O3/c1-6-39(7-2)26-13-16-29-31(21-35)30(34(40)42-33(29)20-26)17-15-28-19-24(32(22-36)37-3)18-27(41-28)14-10-23-8-11-25(12-9-23)38(4)5/h8-20H,6-7H2,1-2,4-5H3/b14-10+,17-15+,32-24+. The average Bonchev–Trinajstić information content (AvgIpc) is 3.00. The number of allylic oxidation sites excluding steroid dienone is 6. The van der Waals surface area contributed by atoms with Crippen LogP contribution in [0.25, 0.3) is 28.0 Å². The van der Waals surface area contributed by atoms with Gasteiger partial charge in [-0.15, -0.1) is 0 Å². The third kappa shape index (κ3) is 6.33. The van der Waals surface area contributed by atoms with Crippen molar-refractivity contribution in [2.75, 3.05) is 37.0 Å². The highest BCUT2D eigenvalue weighted by Gasteiger charge is 2.16. The summed E-state index contributed by atoms with van der Waals surface area (Å²) in [6, 6.07) is 17.4. The Morgan fingerprint density at radius 3 is 2.17 bits per heavy atom. The molecule has 0 amide bonds. The van der Waals surface area contributed by atoms with Gasteiger partial charge in [-0.1, -0.05) is 18.2 Å². The van der Waals surface area contributed by atoms with Crippen molar-refractivity contribution >= 4 is 34.5 Å². The van der Waals surface area contributed by atoms with E-state index < -0.39 is 5.63 Å². The molecule has 42 heavy (non-hydrogen) atoms. The number of rotatable bonds is 8. The van der Waals surface area contributed by atoms with Crippen molar-refractivity contribution in [1.29, 1.82) is 10.5 Å². The zero-order valence-corrected chi connectivity index (χ0v) is 23.9. The van der Waals surface area contributed by atoms with Gasteiger partial charge >= 0.3 is 5.63 Å². The fraction of sp³-hybridized carbons (Fsp3) is 0.176. The molecule has 0 saturated carbocycles. The Hall–Kier alpha value is -5.78. The van der Waals surface area contributed by atoms with Crippen molar-refractivity contribution in [3.63, 3.8) is 0 Å². The van der Waals surface area contributed by atoms with E-state index in [0.717, 1.165) is 30.0 Å². The van der Waals surface area contributed by atoms with E-state index in [4.69, 9.17) is 15.7 Å². The van der Waals surface area contributed by atoms with Crippen LogP contribution in [0, 0.1) is 29.2 Å². The summed E-state index contributed by atoms with van der Waals surface area (Å²) in [5.74, 6) is 0.682. The second kappa shape index (κ2) is 13.0. The first-order chi connectivity index (χ1) is 20.3. The molecule has 1 aliphatic heterocycles. The number of hydrogen-bond donors (Lipinski definition) is 0. The summed E-state index contributed by atoms with van der Waals surface area (Å²) in [7, 11) is 3.94. The maximum absolute atomic E-state index is 13.0. The van der Waals surface area contributed by atoms with E-state index in [9.17, 15) is 15.3 Å². The largest absolute Gasteiger partial charge is 0.457 e. The first-order valence-electron chi connectivity index (χ1n) is 13.3. The van der Waals surface area contributed by atoms with Crippen LogP contribution in [0.1, 0.15) is 30.5 Å². The lowest BCUT2D eigenvalue weighted by atomic mass is 10.0. The van der Waals surface area contributed by atoms with Crippen LogP contribution in [0.2, 0.25) is 0 Å². The zero-order valence-electron chi connectivity index (χ0n) is 23.9. The van der Waals surface area contributed by atoms with Crippen LogP contribution < -0.4 is 15.4 Å². The van der Waals surface area contributed by atoms with E-state index in [1.165, 1.54) is 12.2 Å². The molecule has 3 aromatic rings. The summed E-state index contributed by atoms with van der Waals surface area (Å²) in [5.41, 5.74) is 3.11. The quantitative estimate of drug-likeness (QED) is 0.171. The highest BCUT2D eigenvalue weighted by atomic mass is 16.5. The molecule has 0 bridgehead atoms. The lowest BCUT2D eigenvalue weighted by Gasteiger charge is -2.21. The number of hydrogen-bond acceptors (Lipinski definition) is 7. The lowest BCUT2D eigenvalue weighted by Crippen LogP contribution is -2.21. The molecule has 0 atom stereocenters. The Bertz CT molecular complexity index is 1830. The van der Waals surface area contributed by atoms with Crippen LogP contribution in [-0.2, 0) is 4.74 Å². The van der Waals surface area contributed by atoms with Gasteiger partial charge in [0.05, 0.1) is 23.8 Å². The molecule has 2 aromatic carbocycles. The zero-order chi connectivity index (χ0) is 30.2. The Morgan fingerprint density at radius 2 is 1.60 bits per heavy atom. The molecule has 0 spiro atoms. The van der Waals surface area contributed by atoms with Crippen molar-refractivity contribution in [2.24, 2.45) is 0 Å². The molecule has 0 unspecified atom stereocenters. The fourth-order valence-electron chi connectivity index (χ4n) is 4.49. The predicted octanol–water partition coefficient (Wildman–Crippen LogP) is 6.80. The summed E-state index contributed by atoms with van der Waals surface area (Å²) in [5, 5.41) is 20.0. The van der Waals surface area contributed by atoms with Crippen molar-refractivity contribution < 1.29 is 9.15 Å². The van der Waals surface area contributed by atoms with Crippen molar-refractivity contribution in [3.05, 3.63) is 128 Å². The van der Waals surface area contributed by atoms with Crippen LogP contribution in [0.4, 0.5) is 11.4 Å². The van der Waals surface area contributed by atoms with Gasteiger partial charge in [0.15, 0.2) is 0 Å². The van der Waals surface area contributed by atoms with Crippen LogP contribution in [0.3, 0.4) is 0 Å². The number of anilines is 2. The molecule has 0 fully saturated rings. The third-order valence-corrected chi connectivity index (χ3v) is 6.75. The van der Waals surface area contributed by atoms with Gasteiger partial charge in [-0.05, 0) is 79.6 Å². The topological polar surface area (TPSA) is 97.9 Å². The lowest BCUT2D eigenvalue weighted by molar-refractivity contribution is 0.332. The summed E-state index contributed by atoms with van der Waals surface area (Å²) in [4.78, 5) is 20.5. The van der Waals surface area contributed by atoms with Gasteiger partial charge in [0.1, 0.15) is 23.2 Å². The number of nitriles is 2. The maximum atomic E-state index is 13.0. The van der Waals surface area contributed by atoms with E-state index in [1.807, 2.05) is 75.3 Å². The van der Waals surface area contributed by atoms with Crippen molar-refractivity contribution in [1.82, 2.24) is 0 Å². The van der Waals surface area contributed by atoms with E-state index in [2.05, 4.69) is 15.8 Å². The minimum absolute atomic E-state index is 0.0777. The van der Waals surface area contributed by atoms with Gasteiger partial charge in [0, 0.05) is 50.0 Å². The first-order valence-corrected chi connectivity index (χ1v) is 13.3. The second-order valence-electron chi connectivity index (χ2n) is 9.52.